The Labute approximate surface area is 122 Å². The number of carbonyl (C=O) groups is 1. The van der Waals surface area contributed by atoms with Gasteiger partial charge in [0.1, 0.15) is 0 Å². The first-order valence-corrected chi connectivity index (χ1v) is 7.15. The first kappa shape index (κ1) is 9.39. The van der Waals surface area contributed by atoms with E-state index in [1.165, 1.54) is 0 Å². The fourth-order valence-corrected chi connectivity index (χ4v) is 1.62. The number of unbranched alkanes of at least 4 members (excludes halogenated alkanes) is 3. The molecule has 0 saturated carbocycles. The minimum absolute atomic E-state index is 0.0161. The van der Waals surface area contributed by atoms with Crippen molar-refractivity contribution in [3.63, 3.8) is 0 Å². The molecule has 0 amide bonds. The third kappa shape index (κ3) is 15.5. The van der Waals surface area contributed by atoms with Gasteiger partial charge in [-0.1, -0.05) is 83.8 Å². The van der Waals surface area contributed by atoms with Crippen LogP contribution in [0, 0.1) is 0 Å². The number of rotatable bonds is 14. The molecule has 0 aliphatic carbocycles. The van der Waals surface area contributed by atoms with Crippen LogP contribution in [0.5, 0.6) is 0 Å². The molecule has 1 N–H and O–H groups in total. The summed E-state index contributed by atoms with van der Waals surface area (Å²) in [5, 5.41) is 8.54. The van der Waals surface area contributed by atoms with E-state index < -0.39 is 25.1 Å². The lowest BCUT2D eigenvalue weighted by atomic mass is 10.0. The quantitative estimate of drug-likeness (QED) is 0.417. The lowest BCUT2D eigenvalue weighted by Crippen LogP contribution is -1.93. The molecule has 0 radical (unpaired) electrons. The molecule has 108 valence electrons. The number of hydrogen-bond donors (Lipinski definition) is 1. The maximum absolute atomic E-state index is 10.4. The van der Waals surface area contributed by atoms with Crippen molar-refractivity contribution in [3.8, 4) is 0 Å². The van der Waals surface area contributed by atoms with Gasteiger partial charge in [-0.2, -0.15) is 0 Å². The fraction of sp³-hybridized carbons (Fsp3) is 0.938. The zero-order chi connectivity index (χ0) is 18.9. The molecule has 0 fully saturated rings. The molecule has 0 aromatic rings. The van der Waals surface area contributed by atoms with Crippen molar-refractivity contribution >= 4 is 5.97 Å². The number of aliphatic carboxylic acids is 1. The smallest absolute Gasteiger partial charge is 0.303 e. The number of carboxylic acid groups (broad SMARTS) is 1. The van der Waals surface area contributed by atoms with E-state index in [9.17, 15) is 4.79 Å². The van der Waals surface area contributed by atoms with E-state index in [4.69, 9.17) is 13.3 Å². The zero-order valence-corrected chi connectivity index (χ0v) is 11.6. The lowest BCUT2D eigenvalue weighted by molar-refractivity contribution is -0.137. The predicted octanol–water partition coefficient (Wildman–Crippen LogP) is 5.55. The lowest BCUT2D eigenvalue weighted by Gasteiger charge is -2.02. The standard InChI is InChI=1S/C16H32O2/c1-2-3-4-5-6-7-8-9-10-11-12-13-14-15-16(17)18/h2-15H2,1H3,(H,17,18)/i4D2,8D2,9D2. The van der Waals surface area contributed by atoms with Gasteiger partial charge in [-0.25, -0.2) is 0 Å². The maximum Gasteiger partial charge on any atom is 0.303 e. The molecule has 0 aromatic carbocycles. The highest BCUT2D eigenvalue weighted by molar-refractivity contribution is 5.66. The molecule has 0 atom stereocenters. The minimum atomic E-state index is -1.98. The van der Waals surface area contributed by atoms with Crippen molar-refractivity contribution in [3.05, 3.63) is 0 Å². The Hall–Kier alpha value is -0.530. The van der Waals surface area contributed by atoms with Crippen LogP contribution in [-0.4, -0.2) is 11.1 Å². The van der Waals surface area contributed by atoms with Crippen LogP contribution in [-0.2, 0) is 4.79 Å². The summed E-state index contributed by atoms with van der Waals surface area (Å²) in [5.41, 5.74) is 0. The van der Waals surface area contributed by atoms with Gasteiger partial charge >= 0.3 is 5.97 Å². The highest BCUT2D eigenvalue weighted by Gasteiger charge is 1.96. The first-order chi connectivity index (χ1) is 10.9. The van der Waals surface area contributed by atoms with Crippen LogP contribution in [0.3, 0.4) is 0 Å². The summed E-state index contributed by atoms with van der Waals surface area (Å²) in [6.07, 6.45) is -0.712. The summed E-state index contributed by atoms with van der Waals surface area (Å²) in [6.45, 7) is 1.91. The van der Waals surface area contributed by atoms with E-state index in [0.717, 1.165) is 6.42 Å². The second-order valence-electron chi connectivity index (χ2n) is 4.52. The summed E-state index contributed by atoms with van der Waals surface area (Å²) in [7, 11) is 0. The summed E-state index contributed by atoms with van der Waals surface area (Å²) < 4.78 is 47.6. The monoisotopic (exact) mass is 262 g/mol. The molecule has 18 heavy (non-hydrogen) atoms. The largest absolute Gasteiger partial charge is 0.481 e. The van der Waals surface area contributed by atoms with E-state index in [-0.39, 0.29) is 25.7 Å². The predicted molar refractivity (Wildman–Crippen MR) is 77.9 cm³/mol. The summed E-state index contributed by atoms with van der Waals surface area (Å²) in [5.74, 6) is -0.829. The Morgan fingerprint density at radius 1 is 0.833 bits per heavy atom. The van der Waals surface area contributed by atoms with E-state index >= 15 is 0 Å². The molecule has 2 nitrogen and oxygen atoms in total. The van der Waals surface area contributed by atoms with Gasteiger partial charge < -0.3 is 5.11 Å². The van der Waals surface area contributed by atoms with Gasteiger partial charge in [0.05, 0.1) is 0 Å². The van der Waals surface area contributed by atoms with E-state index in [2.05, 4.69) is 0 Å². The highest BCUT2D eigenvalue weighted by Crippen LogP contribution is 2.12. The van der Waals surface area contributed by atoms with Gasteiger partial charge in [-0.05, 0) is 6.42 Å². The Bertz CT molecular complexity index is 372. The average molecular weight is 262 g/mol. The second-order valence-corrected chi connectivity index (χ2v) is 4.52. The zero-order valence-electron chi connectivity index (χ0n) is 17.6. The van der Waals surface area contributed by atoms with Gasteiger partial charge in [-0.15, -0.1) is 0 Å². The summed E-state index contributed by atoms with van der Waals surface area (Å²) in [4.78, 5) is 10.4. The fourth-order valence-electron chi connectivity index (χ4n) is 1.62. The number of carboxylic acids is 1. The van der Waals surface area contributed by atoms with Crippen LogP contribution in [0.4, 0.5) is 0 Å². The summed E-state index contributed by atoms with van der Waals surface area (Å²) in [6, 6.07) is 0. The molecule has 0 bridgehead atoms. The highest BCUT2D eigenvalue weighted by atomic mass is 16.4. The molecule has 0 aliphatic heterocycles. The molecule has 2 heteroatoms. The van der Waals surface area contributed by atoms with Crippen molar-refractivity contribution < 1.29 is 18.1 Å². The van der Waals surface area contributed by atoms with Crippen LogP contribution in [0.25, 0.3) is 0 Å². The normalized spacial score (nSPS) is 18.1. The van der Waals surface area contributed by atoms with Crippen LogP contribution in [0.15, 0.2) is 0 Å². The van der Waals surface area contributed by atoms with Gasteiger partial charge in [0.25, 0.3) is 0 Å². The molecular weight excluding hydrogens is 224 g/mol. The average Bonchev–Trinajstić information content (AvgIpc) is 2.41. The Balaban J connectivity index is 4.17. The van der Waals surface area contributed by atoms with Crippen molar-refractivity contribution in [2.45, 2.75) is 96.7 Å². The second kappa shape index (κ2) is 14.5. The number of hydrogen-bond acceptors (Lipinski definition) is 1. The Morgan fingerprint density at radius 2 is 1.33 bits per heavy atom. The summed E-state index contributed by atoms with van der Waals surface area (Å²) >= 11 is 0. The van der Waals surface area contributed by atoms with Crippen LogP contribution in [0.2, 0.25) is 0 Å². The van der Waals surface area contributed by atoms with Crippen molar-refractivity contribution in [1.29, 1.82) is 0 Å². The molecule has 0 unspecified atom stereocenters. The van der Waals surface area contributed by atoms with Gasteiger partial charge in [-0.3, -0.25) is 4.79 Å². The van der Waals surface area contributed by atoms with Crippen molar-refractivity contribution in [2.75, 3.05) is 0 Å². The molecule has 0 saturated heterocycles. The third-order valence-electron chi connectivity index (χ3n) is 2.65. The Morgan fingerprint density at radius 3 is 1.94 bits per heavy atom. The van der Waals surface area contributed by atoms with E-state index in [0.29, 0.717) is 38.5 Å². The van der Waals surface area contributed by atoms with Crippen LogP contribution >= 0.6 is 0 Å². The van der Waals surface area contributed by atoms with Gasteiger partial charge in [0.2, 0.25) is 0 Å². The van der Waals surface area contributed by atoms with Crippen molar-refractivity contribution in [1.82, 2.24) is 0 Å². The van der Waals surface area contributed by atoms with E-state index in [1.54, 1.807) is 0 Å². The van der Waals surface area contributed by atoms with Gasteiger partial charge in [0.15, 0.2) is 0 Å². The third-order valence-corrected chi connectivity index (χ3v) is 2.65. The minimum Gasteiger partial charge on any atom is -0.481 e. The Kier molecular flexibility index (Phi) is 7.58. The van der Waals surface area contributed by atoms with Crippen LogP contribution < -0.4 is 0 Å². The SMILES string of the molecule is [2H]C([2H])(CCC)CCCC([2H])([2H])C([2H])([2H])CCCCCCC(=O)O. The molecule has 0 aliphatic rings. The van der Waals surface area contributed by atoms with E-state index in [1.807, 2.05) is 6.92 Å². The molecule has 0 rings (SSSR count). The molecule has 0 aromatic heterocycles. The molecule has 0 heterocycles. The van der Waals surface area contributed by atoms with Crippen molar-refractivity contribution in [2.24, 2.45) is 0 Å². The van der Waals surface area contributed by atoms with Gasteiger partial charge in [0, 0.05) is 14.6 Å². The molecular formula is C16H32O2. The first-order valence-electron chi connectivity index (χ1n) is 10.2. The van der Waals surface area contributed by atoms with Crippen LogP contribution in [0.1, 0.15) is 105 Å². The maximum atomic E-state index is 10.4. The molecule has 0 spiro atoms. The topological polar surface area (TPSA) is 37.3 Å².